The summed E-state index contributed by atoms with van der Waals surface area (Å²) < 4.78 is 18.7. The zero-order valence-electron chi connectivity index (χ0n) is 33.5. The van der Waals surface area contributed by atoms with Crippen LogP contribution in [-0.4, -0.2) is 101 Å². The van der Waals surface area contributed by atoms with Crippen molar-refractivity contribution in [2.45, 2.75) is 57.8 Å². The number of benzene rings is 2. The van der Waals surface area contributed by atoms with Gasteiger partial charge in [0, 0.05) is 69.5 Å². The van der Waals surface area contributed by atoms with Gasteiger partial charge < -0.3 is 36.6 Å². The van der Waals surface area contributed by atoms with Crippen LogP contribution in [0.2, 0.25) is 0 Å². The van der Waals surface area contributed by atoms with Crippen molar-refractivity contribution in [3.63, 3.8) is 0 Å². The van der Waals surface area contributed by atoms with Crippen LogP contribution in [0.25, 0.3) is 11.4 Å². The fraction of sp³-hybridized carbons (Fsp3) is 0.325. The number of carbonyl (C=O) groups is 2. The van der Waals surface area contributed by atoms with Crippen LogP contribution in [0.3, 0.4) is 0 Å². The van der Waals surface area contributed by atoms with E-state index in [1.54, 1.807) is 42.6 Å². The lowest BCUT2D eigenvalue weighted by molar-refractivity contribution is 0.0962. The molecule has 7 N–H and O–H groups in total. The third-order valence-electron chi connectivity index (χ3n) is 9.04. The minimum Gasteiger partial charge on any atom is -0.508 e. The van der Waals surface area contributed by atoms with Crippen LogP contribution in [0.15, 0.2) is 85.4 Å². The molecule has 6 aromatic rings. The molecule has 1 fully saturated rings. The van der Waals surface area contributed by atoms with Gasteiger partial charge in [-0.15, -0.1) is 0 Å². The van der Waals surface area contributed by atoms with E-state index in [1.807, 2.05) is 31.3 Å². The number of aryl methyl sites for hydroxylation is 4. The summed E-state index contributed by atoms with van der Waals surface area (Å²) in [6, 6.07) is 13.2. The number of ether oxygens (including phenoxy) is 1. The molecule has 1 aliphatic heterocycles. The maximum atomic E-state index is 11.8. The van der Waals surface area contributed by atoms with E-state index < -0.39 is 0 Å². The first-order valence-corrected chi connectivity index (χ1v) is 19.3. The summed E-state index contributed by atoms with van der Waals surface area (Å²) in [5.74, 6) is 0.739. The van der Waals surface area contributed by atoms with Gasteiger partial charge in [0.15, 0.2) is 28.8 Å². The second kappa shape index (κ2) is 20.9. The number of phenols is 2. The highest BCUT2D eigenvalue weighted by Gasteiger charge is 2.27. The number of aliphatic imine (C=N–C) groups is 1. The molecule has 1 saturated heterocycles. The number of aromatic hydroxyl groups is 2. The molecule has 61 heavy (non-hydrogen) atoms. The smallest absolute Gasteiger partial charge is 0.227 e. The number of ketones is 2. The molecule has 0 amide bonds. The highest BCUT2D eigenvalue weighted by molar-refractivity contribution is 6.08. The van der Waals surface area contributed by atoms with Gasteiger partial charge in [-0.3, -0.25) is 9.59 Å². The van der Waals surface area contributed by atoms with E-state index in [2.05, 4.69) is 60.5 Å². The number of nitrogens with zero attached hydrogens (tertiary/aromatic N) is 10. The summed E-state index contributed by atoms with van der Waals surface area (Å²) in [4.78, 5) is 37.1. The van der Waals surface area contributed by atoms with Gasteiger partial charge >= 0.3 is 0 Å². The van der Waals surface area contributed by atoms with Crippen molar-refractivity contribution in [3.8, 4) is 22.9 Å². The molecule has 10 rings (SSSR count). The van der Waals surface area contributed by atoms with Gasteiger partial charge in [0.1, 0.15) is 34.3 Å². The van der Waals surface area contributed by atoms with E-state index >= 15 is 0 Å². The molecule has 5 heterocycles. The summed E-state index contributed by atoms with van der Waals surface area (Å²) in [7, 11) is 3.77. The van der Waals surface area contributed by atoms with Crippen LogP contribution >= 0.6 is 0 Å². The Kier molecular flexibility index (Phi) is 14.8. The molecule has 0 unspecified atom stereocenters. The Balaban J connectivity index is 0.000000136. The lowest BCUT2D eigenvalue weighted by Gasteiger charge is -2.13. The average Bonchev–Trinajstić information content (AvgIpc) is 4.09. The number of rotatable bonds is 4. The van der Waals surface area contributed by atoms with Crippen molar-refractivity contribution in [1.82, 2.24) is 45.8 Å². The van der Waals surface area contributed by atoms with E-state index in [4.69, 9.17) is 25.9 Å². The van der Waals surface area contributed by atoms with Crippen molar-refractivity contribution in [2.75, 3.05) is 32.6 Å². The van der Waals surface area contributed by atoms with Crippen LogP contribution in [0.4, 0.5) is 17.3 Å². The lowest BCUT2D eigenvalue weighted by atomic mass is 9.95. The summed E-state index contributed by atoms with van der Waals surface area (Å²) in [6.45, 7) is 2.00. The van der Waals surface area contributed by atoms with Crippen LogP contribution in [0, 0.1) is 0 Å². The van der Waals surface area contributed by atoms with E-state index in [0.29, 0.717) is 52.9 Å². The zero-order chi connectivity index (χ0) is 43.1. The maximum absolute atomic E-state index is 11.8. The number of hydrogen-bond donors (Lipinski definition) is 5. The second-order valence-corrected chi connectivity index (χ2v) is 14.0. The predicted octanol–water partition coefficient (Wildman–Crippen LogP) is 4.40. The number of hydrogen-bond acceptors (Lipinski definition) is 19. The number of nitrogens with one attached hydrogen (secondary N) is 1. The van der Waals surface area contributed by atoms with Gasteiger partial charge in [-0.25, -0.2) is 28.8 Å². The summed E-state index contributed by atoms with van der Waals surface area (Å²) in [5, 5.41) is 43.7. The molecule has 4 aromatic heterocycles. The SMILES string of the molecule is C1CCOC1.CN(C)/C=C1\CCc2nonc2C1=O.NC(N)=Nc1cccc(O)c1.O=C1CCCc2nonc21.Oc1cccc(Nc2ncc3c(n2)-c2nonc2CC3)c1. The van der Waals surface area contributed by atoms with Gasteiger partial charge in [0.25, 0.3) is 0 Å². The number of carbonyl (C=O) groups excluding carboxylic acids is 2. The van der Waals surface area contributed by atoms with Crippen LogP contribution in [-0.2, 0) is 30.4 Å². The maximum Gasteiger partial charge on any atom is 0.227 e. The number of anilines is 2. The molecule has 2 aromatic carbocycles. The van der Waals surface area contributed by atoms with Crippen LogP contribution in [0.1, 0.15) is 75.7 Å². The largest absolute Gasteiger partial charge is 0.508 e. The third kappa shape index (κ3) is 12.2. The Morgan fingerprint density at radius 3 is 2.02 bits per heavy atom. The van der Waals surface area contributed by atoms with Gasteiger partial charge in [-0.05, 0) is 96.7 Å². The van der Waals surface area contributed by atoms with Gasteiger partial charge in [0.05, 0.1) is 5.69 Å². The molecule has 318 valence electrons. The average molecular weight is 836 g/mol. The number of phenolic OH excluding ortho intramolecular Hbond substituents is 2. The summed E-state index contributed by atoms with van der Waals surface area (Å²) >= 11 is 0. The van der Waals surface area contributed by atoms with E-state index in [1.165, 1.54) is 18.9 Å². The van der Waals surface area contributed by atoms with E-state index in [-0.39, 0.29) is 29.0 Å². The van der Waals surface area contributed by atoms with E-state index in [9.17, 15) is 14.7 Å². The molecule has 21 heteroatoms. The van der Waals surface area contributed by atoms with Gasteiger partial charge in [-0.2, -0.15) is 0 Å². The molecule has 0 atom stereocenters. The monoisotopic (exact) mass is 835 g/mol. The fourth-order valence-electron chi connectivity index (χ4n) is 6.21. The van der Waals surface area contributed by atoms with Crippen molar-refractivity contribution in [2.24, 2.45) is 16.5 Å². The topological polar surface area (TPSA) is 306 Å². The number of guanidine groups is 1. The Morgan fingerprint density at radius 1 is 0.738 bits per heavy atom. The minimum absolute atomic E-state index is 0.0180. The minimum atomic E-state index is -0.0683. The first kappa shape index (κ1) is 43.0. The molecule has 0 saturated carbocycles. The van der Waals surface area contributed by atoms with Crippen LogP contribution in [0.5, 0.6) is 11.5 Å². The predicted molar refractivity (Wildman–Crippen MR) is 218 cm³/mol. The zero-order valence-corrected chi connectivity index (χ0v) is 33.5. The number of allylic oxidation sites excluding steroid dienone is 1. The Hall–Kier alpha value is -7.55. The molecule has 4 aliphatic rings. The highest BCUT2D eigenvalue weighted by Crippen LogP contribution is 2.30. The molecule has 3 aliphatic carbocycles. The molecular weight excluding hydrogens is 791 g/mol. The first-order chi connectivity index (χ1) is 29.5. The van der Waals surface area contributed by atoms with Crippen molar-refractivity contribution >= 4 is 34.8 Å². The first-order valence-electron chi connectivity index (χ1n) is 19.3. The highest BCUT2D eigenvalue weighted by atomic mass is 16.6. The molecule has 0 radical (unpaired) electrons. The molecule has 0 bridgehead atoms. The Bertz CT molecular complexity index is 2460. The summed E-state index contributed by atoms with van der Waals surface area (Å²) in [6.07, 6.45) is 11.5. The van der Waals surface area contributed by atoms with Gasteiger partial charge in [0.2, 0.25) is 11.7 Å². The number of Topliss-reactive ketones (excluding diaryl/α,β-unsaturated/α-hetero) is 2. The van der Waals surface area contributed by atoms with Crippen molar-refractivity contribution in [1.29, 1.82) is 0 Å². The van der Waals surface area contributed by atoms with Crippen molar-refractivity contribution < 1.29 is 38.4 Å². The lowest BCUT2D eigenvalue weighted by Crippen LogP contribution is -2.21. The number of aromatic nitrogens is 8. The van der Waals surface area contributed by atoms with E-state index in [0.717, 1.165) is 73.5 Å². The second-order valence-electron chi connectivity index (χ2n) is 14.0. The summed E-state index contributed by atoms with van der Waals surface area (Å²) in [5.41, 5.74) is 17.7. The quantitative estimate of drug-likeness (QED) is 0.0933. The van der Waals surface area contributed by atoms with Crippen LogP contribution < -0.4 is 16.8 Å². The Labute approximate surface area is 348 Å². The number of nitrogens with two attached hydrogens (primary N) is 2. The van der Waals surface area contributed by atoms with Crippen molar-refractivity contribution in [3.05, 3.63) is 101 Å². The normalized spacial score (nSPS) is 15.0. The molecule has 21 nitrogen and oxygen atoms in total. The molecular formula is C40H45N13O8. The van der Waals surface area contributed by atoms with Gasteiger partial charge in [-0.1, -0.05) is 27.6 Å². The Morgan fingerprint density at radius 2 is 1.38 bits per heavy atom. The standard InChI is InChI=1S/C14H11N5O2.C9H11N3O2.C7H9N3O.C6H6N2O2.C4H8O/c20-10-3-1-2-9(6-10)16-14-15-7-8-4-5-11-13(12(8)17-14)19-21-18-11;1-12(2)5-6-3-4-7-8(9(6)13)11-14-10-7;8-7(9)10-5-2-1-3-6(11)4-5;9-5-3-1-2-4-6(5)8-10-7-4;1-2-4-5-3-1/h1-3,6-7,20H,4-5H2,(H,15,16,17);5H,3-4H2,1-2H3;1-4,11H,(H4,8,9,10);1-3H2;1-4H2/b;6-5+;;;. The fourth-order valence-corrected chi connectivity index (χ4v) is 6.21. The third-order valence-corrected chi connectivity index (χ3v) is 9.04. The molecule has 0 spiro atoms. The number of fused-ring (bicyclic) bond motifs is 5.